The van der Waals surface area contributed by atoms with E-state index in [2.05, 4.69) is 6.07 Å². The van der Waals surface area contributed by atoms with Crippen molar-refractivity contribution in [2.24, 2.45) is 0 Å². The lowest BCUT2D eigenvalue weighted by Gasteiger charge is -2.01. The Kier molecular flexibility index (Phi) is 3.53. The van der Waals surface area contributed by atoms with Crippen LogP contribution in [0.5, 0.6) is 0 Å². The molecule has 2 nitrogen and oxygen atoms in total. The molecule has 1 aromatic carbocycles. The van der Waals surface area contributed by atoms with Crippen molar-refractivity contribution in [1.82, 2.24) is 0 Å². The zero-order chi connectivity index (χ0) is 12.3. The monoisotopic (exact) mass is 263 g/mol. The molecule has 2 rings (SSSR count). The highest BCUT2D eigenvalue weighted by molar-refractivity contribution is 6.42. The Morgan fingerprint density at radius 1 is 1.24 bits per heavy atom. The average molecular weight is 264 g/mol. The maximum atomic E-state index is 9.10. The molecule has 2 aromatic rings. The predicted molar refractivity (Wildman–Crippen MR) is 68.7 cm³/mol. The second-order valence-electron chi connectivity index (χ2n) is 3.31. The summed E-state index contributed by atoms with van der Waals surface area (Å²) in [6, 6.07) is 10.7. The minimum absolute atomic E-state index is 0.421. The molecule has 0 unspecified atom stereocenters. The van der Waals surface area contributed by atoms with E-state index < -0.39 is 0 Å². The number of halogens is 2. The molecule has 1 heterocycles. The van der Waals surface area contributed by atoms with Crippen molar-refractivity contribution in [2.45, 2.75) is 0 Å². The highest BCUT2D eigenvalue weighted by Gasteiger charge is 2.05. The summed E-state index contributed by atoms with van der Waals surface area (Å²) in [6.45, 7) is 0. The van der Waals surface area contributed by atoms with Gasteiger partial charge in [-0.05, 0) is 35.9 Å². The molecule has 0 bridgehead atoms. The average Bonchev–Trinajstić information content (AvgIpc) is 2.82. The molecule has 0 atom stereocenters. The first-order valence-corrected chi connectivity index (χ1v) is 5.57. The van der Waals surface area contributed by atoms with Crippen molar-refractivity contribution in [2.75, 3.05) is 0 Å². The molecule has 0 radical (unpaired) electrons. The van der Waals surface area contributed by atoms with Gasteiger partial charge in [0, 0.05) is 0 Å². The van der Waals surface area contributed by atoms with Gasteiger partial charge in [-0.1, -0.05) is 29.3 Å². The van der Waals surface area contributed by atoms with Gasteiger partial charge >= 0.3 is 0 Å². The smallest absolute Gasteiger partial charge is 0.127 e. The first kappa shape index (κ1) is 11.8. The maximum absolute atomic E-state index is 9.10. The van der Waals surface area contributed by atoms with Gasteiger partial charge in [-0.25, -0.2) is 0 Å². The Morgan fingerprint density at radius 3 is 2.65 bits per heavy atom. The van der Waals surface area contributed by atoms with E-state index in [9.17, 15) is 0 Å². The van der Waals surface area contributed by atoms with Crippen LogP contribution in [0.1, 0.15) is 11.3 Å². The van der Waals surface area contributed by atoms with Crippen molar-refractivity contribution in [3.05, 3.63) is 58.0 Å². The summed E-state index contributed by atoms with van der Waals surface area (Å²) in [5, 5.41) is 9.99. The van der Waals surface area contributed by atoms with Gasteiger partial charge in [0.1, 0.15) is 5.76 Å². The molecule has 17 heavy (non-hydrogen) atoms. The number of allylic oxidation sites excluding steroid dienone is 1. The lowest BCUT2D eigenvalue weighted by molar-refractivity contribution is 0.557. The van der Waals surface area contributed by atoms with Gasteiger partial charge < -0.3 is 4.42 Å². The van der Waals surface area contributed by atoms with Crippen LogP contribution in [-0.2, 0) is 0 Å². The van der Waals surface area contributed by atoms with E-state index in [-0.39, 0.29) is 0 Å². The standard InChI is InChI=1S/C13H7Cl2NO/c14-12-4-3-9(7-13(12)15)10(8-16)6-11-2-1-5-17-11/h1-7H/b10-6+. The normalized spacial score (nSPS) is 11.2. The molecule has 0 aliphatic carbocycles. The minimum Gasteiger partial charge on any atom is -0.465 e. The van der Waals surface area contributed by atoms with Gasteiger partial charge in [-0.3, -0.25) is 0 Å². The number of furan rings is 1. The van der Waals surface area contributed by atoms with Crippen LogP contribution in [0.25, 0.3) is 11.6 Å². The zero-order valence-corrected chi connectivity index (χ0v) is 10.2. The molecular weight excluding hydrogens is 257 g/mol. The highest BCUT2D eigenvalue weighted by Crippen LogP contribution is 2.26. The van der Waals surface area contributed by atoms with E-state index >= 15 is 0 Å². The van der Waals surface area contributed by atoms with Crippen molar-refractivity contribution in [3.8, 4) is 6.07 Å². The second-order valence-corrected chi connectivity index (χ2v) is 4.13. The number of rotatable bonds is 2. The first-order chi connectivity index (χ1) is 8.20. The van der Waals surface area contributed by atoms with Crippen LogP contribution < -0.4 is 0 Å². The minimum atomic E-state index is 0.421. The summed E-state index contributed by atoms with van der Waals surface area (Å²) < 4.78 is 5.15. The third-order valence-electron chi connectivity index (χ3n) is 2.18. The van der Waals surface area contributed by atoms with E-state index in [0.717, 1.165) is 0 Å². The Balaban J connectivity index is 2.43. The zero-order valence-electron chi connectivity index (χ0n) is 8.65. The van der Waals surface area contributed by atoms with Gasteiger partial charge in [0.05, 0.1) is 28.0 Å². The summed E-state index contributed by atoms with van der Waals surface area (Å²) in [4.78, 5) is 0. The van der Waals surface area contributed by atoms with Gasteiger partial charge in [-0.2, -0.15) is 5.26 Å². The van der Waals surface area contributed by atoms with Crippen LogP contribution in [0.4, 0.5) is 0 Å². The fourth-order valence-corrected chi connectivity index (χ4v) is 1.66. The van der Waals surface area contributed by atoms with E-state index in [1.54, 1.807) is 42.7 Å². The fourth-order valence-electron chi connectivity index (χ4n) is 1.36. The molecule has 84 valence electrons. The van der Waals surface area contributed by atoms with Crippen molar-refractivity contribution in [3.63, 3.8) is 0 Å². The van der Waals surface area contributed by atoms with Crippen LogP contribution in [0.3, 0.4) is 0 Å². The second kappa shape index (κ2) is 5.09. The summed E-state index contributed by atoms with van der Waals surface area (Å²) in [5.74, 6) is 0.618. The summed E-state index contributed by atoms with van der Waals surface area (Å²) in [6.07, 6.45) is 3.20. The lowest BCUT2D eigenvalue weighted by atomic mass is 10.1. The molecule has 0 saturated carbocycles. The van der Waals surface area contributed by atoms with Crippen LogP contribution in [0.2, 0.25) is 10.0 Å². The molecule has 0 aliphatic heterocycles. The topological polar surface area (TPSA) is 36.9 Å². The molecule has 0 fully saturated rings. The third kappa shape index (κ3) is 2.71. The number of benzene rings is 1. The molecule has 1 aromatic heterocycles. The Hall–Kier alpha value is -1.69. The Bertz CT molecular complexity index is 594. The lowest BCUT2D eigenvalue weighted by Crippen LogP contribution is -1.82. The molecule has 0 aliphatic rings. The predicted octanol–water partition coefficient (Wildman–Crippen LogP) is 4.65. The van der Waals surface area contributed by atoms with Crippen LogP contribution in [0.15, 0.2) is 41.0 Å². The number of nitrogens with zero attached hydrogens (tertiary/aromatic N) is 1. The summed E-state index contributed by atoms with van der Waals surface area (Å²) in [5.41, 5.74) is 1.18. The van der Waals surface area contributed by atoms with E-state index in [4.69, 9.17) is 32.9 Å². The third-order valence-corrected chi connectivity index (χ3v) is 2.92. The molecule has 0 saturated heterocycles. The van der Waals surface area contributed by atoms with Crippen LogP contribution in [0, 0.1) is 11.3 Å². The van der Waals surface area contributed by atoms with Gasteiger partial charge in [0.25, 0.3) is 0 Å². The maximum Gasteiger partial charge on any atom is 0.127 e. The van der Waals surface area contributed by atoms with Crippen molar-refractivity contribution >= 4 is 34.9 Å². The highest BCUT2D eigenvalue weighted by atomic mass is 35.5. The van der Waals surface area contributed by atoms with E-state index in [1.165, 1.54) is 0 Å². The molecule has 0 amide bonds. The fraction of sp³-hybridized carbons (Fsp3) is 0. The number of nitriles is 1. The summed E-state index contributed by atoms with van der Waals surface area (Å²) >= 11 is 11.7. The quantitative estimate of drug-likeness (QED) is 0.740. The molecule has 0 N–H and O–H groups in total. The van der Waals surface area contributed by atoms with Gasteiger partial charge in [0.2, 0.25) is 0 Å². The van der Waals surface area contributed by atoms with Crippen LogP contribution in [-0.4, -0.2) is 0 Å². The SMILES string of the molecule is N#C/C(=C\c1ccco1)c1ccc(Cl)c(Cl)c1. The number of hydrogen-bond acceptors (Lipinski definition) is 2. The van der Waals surface area contributed by atoms with E-state index in [0.29, 0.717) is 26.9 Å². The van der Waals surface area contributed by atoms with E-state index in [1.807, 2.05) is 0 Å². The molecule has 4 heteroatoms. The van der Waals surface area contributed by atoms with Crippen molar-refractivity contribution < 1.29 is 4.42 Å². The molecular formula is C13H7Cl2NO. The molecule has 0 spiro atoms. The Morgan fingerprint density at radius 2 is 2.06 bits per heavy atom. The van der Waals surface area contributed by atoms with Crippen molar-refractivity contribution in [1.29, 1.82) is 5.26 Å². The van der Waals surface area contributed by atoms with Gasteiger partial charge in [-0.15, -0.1) is 0 Å². The Labute approximate surface area is 109 Å². The first-order valence-electron chi connectivity index (χ1n) is 4.81. The van der Waals surface area contributed by atoms with Crippen LogP contribution >= 0.6 is 23.2 Å². The van der Waals surface area contributed by atoms with Gasteiger partial charge in [0.15, 0.2) is 0 Å². The summed E-state index contributed by atoms with van der Waals surface area (Å²) in [7, 11) is 0. The number of hydrogen-bond donors (Lipinski definition) is 0. The largest absolute Gasteiger partial charge is 0.465 e.